The third kappa shape index (κ3) is 2.35. The van der Waals surface area contributed by atoms with Crippen LogP contribution in [0.4, 0.5) is 4.79 Å². The Morgan fingerprint density at radius 1 is 1.75 bits per heavy atom. The van der Waals surface area contributed by atoms with Crippen molar-refractivity contribution in [2.75, 3.05) is 0 Å². The maximum absolute atomic E-state index is 10.3. The highest BCUT2D eigenvalue weighted by Crippen LogP contribution is 2.24. The Hall–Kier alpha value is -0.810. The van der Waals surface area contributed by atoms with Crippen molar-refractivity contribution in [3.8, 4) is 5.88 Å². The van der Waals surface area contributed by atoms with Gasteiger partial charge < -0.3 is 10.5 Å². The second-order valence-corrected chi connectivity index (χ2v) is 3.12. The summed E-state index contributed by atoms with van der Waals surface area (Å²) in [5.41, 5.74) is 4.76. The number of ether oxygens (including phenoxy) is 1. The maximum Gasteiger partial charge on any atom is 0.411 e. The van der Waals surface area contributed by atoms with Crippen molar-refractivity contribution in [2.45, 2.75) is 0 Å². The third-order valence-corrected chi connectivity index (χ3v) is 2.17. The molecular formula is C6H4BrClN2O2. The van der Waals surface area contributed by atoms with Crippen molar-refractivity contribution in [3.05, 3.63) is 21.8 Å². The summed E-state index contributed by atoms with van der Waals surface area (Å²) >= 11 is 8.77. The molecule has 0 aliphatic rings. The first-order valence-electron chi connectivity index (χ1n) is 2.88. The Morgan fingerprint density at radius 2 is 2.42 bits per heavy atom. The zero-order chi connectivity index (χ0) is 9.14. The lowest BCUT2D eigenvalue weighted by Crippen LogP contribution is -2.16. The number of pyridine rings is 1. The van der Waals surface area contributed by atoms with Gasteiger partial charge in [-0.1, -0.05) is 11.6 Å². The quantitative estimate of drug-likeness (QED) is 0.829. The first-order valence-corrected chi connectivity index (χ1v) is 4.05. The average molecular weight is 251 g/mol. The summed E-state index contributed by atoms with van der Waals surface area (Å²) in [6.45, 7) is 0. The molecule has 0 aliphatic carbocycles. The van der Waals surface area contributed by atoms with Gasteiger partial charge in [0.25, 0.3) is 0 Å². The molecule has 0 fully saturated rings. The van der Waals surface area contributed by atoms with E-state index >= 15 is 0 Å². The summed E-state index contributed by atoms with van der Waals surface area (Å²) in [6, 6.07) is 1.45. The highest BCUT2D eigenvalue weighted by Gasteiger charge is 2.03. The number of carbonyl (C=O) groups is 1. The van der Waals surface area contributed by atoms with E-state index in [9.17, 15) is 4.79 Å². The summed E-state index contributed by atoms with van der Waals surface area (Å²) in [7, 11) is 0. The summed E-state index contributed by atoms with van der Waals surface area (Å²) in [5.74, 6) is 0.110. The molecule has 0 aliphatic heterocycles. The van der Waals surface area contributed by atoms with Gasteiger partial charge in [0.15, 0.2) is 0 Å². The molecule has 6 heteroatoms. The fourth-order valence-electron chi connectivity index (χ4n) is 0.555. The molecule has 0 bridgehead atoms. The third-order valence-electron chi connectivity index (χ3n) is 0.989. The summed E-state index contributed by atoms with van der Waals surface area (Å²) in [5, 5.41) is 0.437. The van der Waals surface area contributed by atoms with Gasteiger partial charge in [-0.2, -0.15) is 0 Å². The van der Waals surface area contributed by atoms with Gasteiger partial charge in [0.05, 0.1) is 11.2 Å². The van der Waals surface area contributed by atoms with E-state index in [1.807, 2.05) is 0 Å². The van der Waals surface area contributed by atoms with Crippen molar-refractivity contribution < 1.29 is 9.53 Å². The molecule has 0 radical (unpaired) electrons. The molecular weight excluding hydrogens is 247 g/mol. The van der Waals surface area contributed by atoms with Gasteiger partial charge in [-0.15, -0.1) is 0 Å². The lowest BCUT2D eigenvalue weighted by atomic mass is 10.5. The van der Waals surface area contributed by atoms with Crippen LogP contribution in [-0.2, 0) is 0 Å². The van der Waals surface area contributed by atoms with E-state index in [0.717, 1.165) is 0 Å². The lowest BCUT2D eigenvalue weighted by Gasteiger charge is -1.99. The summed E-state index contributed by atoms with van der Waals surface area (Å²) in [6.07, 6.45) is 0.445. The number of hydrogen-bond acceptors (Lipinski definition) is 3. The number of halogens is 2. The lowest BCUT2D eigenvalue weighted by molar-refractivity contribution is 0.209. The van der Waals surface area contributed by atoms with Crippen LogP contribution in [0.1, 0.15) is 0 Å². The van der Waals surface area contributed by atoms with Crippen LogP contribution in [0.25, 0.3) is 0 Å². The number of aromatic nitrogens is 1. The molecule has 0 unspecified atom stereocenters. The molecule has 12 heavy (non-hydrogen) atoms. The smallest absolute Gasteiger partial charge is 0.391 e. The van der Waals surface area contributed by atoms with Crippen LogP contribution in [0, 0.1) is 0 Å². The predicted octanol–water partition coefficient (Wildman–Crippen LogP) is 1.95. The van der Waals surface area contributed by atoms with E-state index < -0.39 is 6.09 Å². The highest BCUT2D eigenvalue weighted by molar-refractivity contribution is 9.10. The minimum atomic E-state index is -0.906. The largest absolute Gasteiger partial charge is 0.411 e. The molecule has 1 aromatic heterocycles. The molecule has 0 aromatic carbocycles. The van der Waals surface area contributed by atoms with Crippen LogP contribution >= 0.6 is 27.5 Å². The second-order valence-electron chi connectivity index (χ2n) is 1.86. The van der Waals surface area contributed by atoms with Gasteiger partial charge in [-0.3, -0.25) is 0 Å². The Morgan fingerprint density at radius 3 is 2.92 bits per heavy atom. The van der Waals surface area contributed by atoms with Gasteiger partial charge in [0.2, 0.25) is 5.88 Å². The van der Waals surface area contributed by atoms with E-state index in [2.05, 4.69) is 25.7 Å². The van der Waals surface area contributed by atoms with Crippen LogP contribution in [0.15, 0.2) is 16.7 Å². The van der Waals surface area contributed by atoms with Crippen LogP contribution in [0.5, 0.6) is 5.88 Å². The fourth-order valence-corrected chi connectivity index (χ4v) is 0.957. The van der Waals surface area contributed by atoms with Gasteiger partial charge >= 0.3 is 6.09 Å². The SMILES string of the molecule is NC(=O)Oc1cc(Br)c(Cl)cn1. The van der Waals surface area contributed by atoms with Gasteiger partial charge in [-0.05, 0) is 15.9 Å². The molecule has 4 nitrogen and oxygen atoms in total. The van der Waals surface area contributed by atoms with Crippen molar-refractivity contribution in [1.29, 1.82) is 0 Å². The molecule has 0 saturated heterocycles. The van der Waals surface area contributed by atoms with Crippen molar-refractivity contribution in [1.82, 2.24) is 4.98 Å². The Bertz CT molecular complexity index is 318. The van der Waals surface area contributed by atoms with Gasteiger partial charge in [-0.25, -0.2) is 9.78 Å². The number of carbonyl (C=O) groups excluding carboxylic acids is 1. The maximum atomic E-state index is 10.3. The van der Waals surface area contributed by atoms with Gasteiger partial charge in [0.1, 0.15) is 0 Å². The van der Waals surface area contributed by atoms with Crippen molar-refractivity contribution in [2.24, 2.45) is 5.73 Å². The molecule has 0 spiro atoms. The van der Waals surface area contributed by atoms with E-state index in [0.29, 0.717) is 9.50 Å². The van der Waals surface area contributed by atoms with Gasteiger partial charge in [0, 0.05) is 10.5 Å². The number of amides is 1. The highest BCUT2D eigenvalue weighted by atomic mass is 79.9. The normalized spacial score (nSPS) is 9.50. The van der Waals surface area contributed by atoms with Crippen LogP contribution in [0.3, 0.4) is 0 Å². The zero-order valence-corrected chi connectivity index (χ0v) is 8.09. The molecule has 1 aromatic rings. The van der Waals surface area contributed by atoms with E-state index in [4.69, 9.17) is 17.3 Å². The minimum absolute atomic E-state index is 0.110. The van der Waals surface area contributed by atoms with Crippen molar-refractivity contribution in [3.63, 3.8) is 0 Å². The van der Waals surface area contributed by atoms with E-state index in [-0.39, 0.29) is 5.88 Å². The molecule has 1 amide bonds. The fraction of sp³-hybridized carbons (Fsp3) is 0. The molecule has 0 saturated carbocycles. The van der Waals surface area contributed by atoms with Crippen LogP contribution < -0.4 is 10.5 Å². The standard InChI is InChI=1S/C6H4BrClN2O2/c7-3-1-5(12-6(9)11)10-2-4(3)8/h1-2H,(H2,9,11). The monoisotopic (exact) mass is 250 g/mol. The Kier molecular flexibility index (Phi) is 2.88. The first kappa shape index (κ1) is 9.28. The molecule has 1 heterocycles. The molecule has 64 valence electrons. The summed E-state index contributed by atoms with van der Waals surface area (Å²) < 4.78 is 5.08. The van der Waals surface area contributed by atoms with Crippen molar-refractivity contribution >= 4 is 33.6 Å². The topological polar surface area (TPSA) is 65.2 Å². The molecule has 2 N–H and O–H groups in total. The molecule has 1 rings (SSSR count). The summed E-state index contributed by atoms with van der Waals surface area (Å²) in [4.78, 5) is 14.0. The van der Waals surface area contributed by atoms with Crippen LogP contribution in [-0.4, -0.2) is 11.1 Å². The van der Waals surface area contributed by atoms with E-state index in [1.54, 1.807) is 0 Å². The van der Waals surface area contributed by atoms with E-state index in [1.165, 1.54) is 12.3 Å². The number of hydrogen-bond donors (Lipinski definition) is 1. The number of primary amides is 1. The predicted molar refractivity (Wildman–Crippen MR) is 47.2 cm³/mol. The minimum Gasteiger partial charge on any atom is -0.391 e. The second kappa shape index (κ2) is 3.73. The Balaban J connectivity index is 2.89. The zero-order valence-electron chi connectivity index (χ0n) is 5.75. The number of nitrogens with two attached hydrogens (primary N) is 1. The Labute approximate surface area is 81.8 Å². The number of rotatable bonds is 1. The first-order chi connectivity index (χ1) is 5.59. The average Bonchev–Trinajstić information content (AvgIpc) is 1.96. The number of nitrogens with zero attached hydrogens (tertiary/aromatic N) is 1. The molecule has 0 atom stereocenters. The van der Waals surface area contributed by atoms with Crippen LogP contribution in [0.2, 0.25) is 5.02 Å².